The van der Waals surface area contributed by atoms with Gasteiger partial charge in [0.15, 0.2) is 15.6 Å². The van der Waals surface area contributed by atoms with Crippen LogP contribution < -0.4 is 4.74 Å². The minimum Gasteiger partial charge on any atom is -0.490 e. The third-order valence-electron chi connectivity index (χ3n) is 5.20. The number of ether oxygens (including phenoxy) is 1. The van der Waals surface area contributed by atoms with Crippen molar-refractivity contribution < 1.29 is 27.4 Å². The number of ketones is 1. The van der Waals surface area contributed by atoms with Gasteiger partial charge < -0.3 is 9.84 Å². The Labute approximate surface area is 176 Å². The minimum atomic E-state index is -3.13. The summed E-state index contributed by atoms with van der Waals surface area (Å²) in [5.41, 5.74) is 0.867. The highest BCUT2D eigenvalue weighted by Gasteiger charge is 2.33. The molecule has 1 aliphatic rings. The summed E-state index contributed by atoms with van der Waals surface area (Å²) < 4.78 is 43.7. The Morgan fingerprint density at radius 1 is 1.23 bits per heavy atom. The molecular formula is C22H26FNO5S. The lowest BCUT2D eigenvalue weighted by Gasteiger charge is -2.30. The first-order valence-electron chi connectivity index (χ1n) is 9.84. The van der Waals surface area contributed by atoms with Gasteiger partial charge in [-0.15, -0.1) is 0 Å². The number of aliphatic hydroxyl groups is 1. The summed E-state index contributed by atoms with van der Waals surface area (Å²) in [4.78, 5) is 13.5. The Bertz CT molecular complexity index is 995. The van der Waals surface area contributed by atoms with Crippen LogP contribution >= 0.6 is 0 Å². The van der Waals surface area contributed by atoms with Gasteiger partial charge in [0.1, 0.15) is 24.3 Å². The molecule has 0 bridgehead atoms. The number of rotatable bonds is 9. The fourth-order valence-electron chi connectivity index (χ4n) is 3.64. The van der Waals surface area contributed by atoms with Crippen molar-refractivity contribution in [1.29, 1.82) is 0 Å². The van der Waals surface area contributed by atoms with Gasteiger partial charge in [-0.25, -0.2) is 12.8 Å². The van der Waals surface area contributed by atoms with Crippen molar-refractivity contribution in [3.8, 4) is 5.75 Å². The predicted octanol–water partition coefficient (Wildman–Crippen LogP) is 2.46. The van der Waals surface area contributed by atoms with E-state index in [2.05, 4.69) is 0 Å². The summed E-state index contributed by atoms with van der Waals surface area (Å²) >= 11 is 0. The van der Waals surface area contributed by atoms with Crippen LogP contribution in [0.3, 0.4) is 0 Å². The van der Waals surface area contributed by atoms with E-state index < -0.39 is 15.9 Å². The number of hydrogen-bond acceptors (Lipinski definition) is 6. The van der Waals surface area contributed by atoms with E-state index in [1.54, 1.807) is 47.4 Å². The van der Waals surface area contributed by atoms with Crippen molar-refractivity contribution in [2.75, 3.05) is 24.7 Å². The zero-order valence-electron chi connectivity index (χ0n) is 16.8. The maximum Gasteiger partial charge on any atom is 0.163 e. The highest BCUT2D eigenvalue weighted by molar-refractivity contribution is 7.91. The van der Waals surface area contributed by atoms with Gasteiger partial charge in [-0.1, -0.05) is 30.3 Å². The number of Topliss-reactive ketones (excluding diaryl/α,β-unsaturated/α-hetero) is 1. The Hall–Kier alpha value is -2.29. The Balaban J connectivity index is 1.69. The molecule has 30 heavy (non-hydrogen) atoms. The van der Waals surface area contributed by atoms with Crippen LogP contribution in [0, 0.1) is 5.82 Å². The van der Waals surface area contributed by atoms with E-state index >= 15 is 0 Å². The fourth-order valence-corrected chi connectivity index (χ4v) is 5.41. The molecule has 8 heteroatoms. The summed E-state index contributed by atoms with van der Waals surface area (Å²) in [5.74, 6) is -0.0540. The number of para-hydroxylation sites is 1. The van der Waals surface area contributed by atoms with Crippen molar-refractivity contribution >= 4 is 15.6 Å². The Kier molecular flexibility index (Phi) is 7.23. The van der Waals surface area contributed by atoms with Crippen LogP contribution in [0.4, 0.5) is 4.39 Å². The number of halogens is 1. The van der Waals surface area contributed by atoms with Crippen LogP contribution in [0.2, 0.25) is 0 Å². The molecule has 2 unspecified atom stereocenters. The largest absolute Gasteiger partial charge is 0.490 e. The summed E-state index contributed by atoms with van der Waals surface area (Å²) in [6.07, 6.45) is -0.502. The Morgan fingerprint density at radius 2 is 1.93 bits per heavy atom. The van der Waals surface area contributed by atoms with Gasteiger partial charge >= 0.3 is 0 Å². The van der Waals surface area contributed by atoms with E-state index in [0.29, 0.717) is 23.3 Å². The van der Waals surface area contributed by atoms with Gasteiger partial charge in [0.25, 0.3) is 0 Å². The number of hydrogen-bond donors (Lipinski definition) is 1. The standard InChI is InChI=1S/C22H26FNO5S/c1-16(25)20-7-3-5-9-22(20)29-14-19(26)13-24(18-10-11-30(27,28)15-18)12-17-6-2-4-8-21(17)23/h2-9,18-19,26H,10-15H2,1H3. The Morgan fingerprint density at radius 3 is 2.60 bits per heavy atom. The molecule has 0 radical (unpaired) electrons. The van der Waals surface area contributed by atoms with Crippen molar-refractivity contribution in [3.63, 3.8) is 0 Å². The van der Waals surface area contributed by atoms with Crippen LogP contribution in [0.15, 0.2) is 48.5 Å². The molecule has 1 heterocycles. The third-order valence-corrected chi connectivity index (χ3v) is 6.95. The molecule has 0 amide bonds. The normalized spacial score (nSPS) is 19.0. The molecule has 1 fully saturated rings. The first-order chi connectivity index (χ1) is 14.2. The van der Waals surface area contributed by atoms with Gasteiger partial charge in [0.2, 0.25) is 0 Å². The molecule has 0 spiro atoms. The molecule has 0 saturated carbocycles. The van der Waals surface area contributed by atoms with Crippen LogP contribution in [0.25, 0.3) is 0 Å². The molecule has 162 valence electrons. The number of sulfone groups is 1. The van der Waals surface area contributed by atoms with Gasteiger partial charge in [-0.05, 0) is 31.5 Å². The molecule has 0 aromatic heterocycles. The second-order valence-corrected chi connectivity index (χ2v) is 9.82. The summed E-state index contributed by atoms with van der Waals surface area (Å²) in [5, 5.41) is 10.6. The van der Waals surface area contributed by atoms with Gasteiger partial charge in [-0.2, -0.15) is 0 Å². The van der Waals surface area contributed by atoms with E-state index in [-0.39, 0.29) is 48.8 Å². The lowest BCUT2D eigenvalue weighted by molar-refractivity contribution is 0.0516. The number of nitrogens with zero attached hydrogens (tertiary/aromatic N) is 1. The topological polar surface area (TPSA) is 83.9 Å². The summed E-state index contributed by atoms with van der Waals surface area (Å²) in [7, 11) is -3.13. The molecule has 1 aliphatic heterocycles. The molecule has 2 atom stereocenters. The monoisotopic (exact) mass is 435 g/mol. The quantitative estimate of drug-likeness (QED) is 0.609. The van der Waals surface area contributed by atoms with Crippen LogP contribution in [0.5, 0.6) is 5.75 Å². The number of carbonyl (C=O) groups is 1. The van der Waals surface area contributed by atoms with Gasteiger partial charge in [0.05, 0.1) is 17.1 Å². The average molecular weight is 436 g/mol. The maximum absolute atomic E-state index is 14.2. The molecule has 6 nitrogen and oxygen atoms in total. The van der Waals surface area contributed by atoms with E-state index in [1.165, 1.54) is 13.0 Å². The lowest BCUT2D eigenvalue weighted by atomic mass is 10.1. The lowest BCUT2D eigenvalue weighted by Crippen LogP contribution is -2.42. The minimum absolute atomic E-state index is 0.0117. The smallest absolute Gasteiger partial charge is 0.163 e. The molecular weight excluding hydrogens is 409 g/mol. The van der Waals surface area contributed by atoms with Crippen molar-refractivity contribution in [2.45, 2.75) is 32.0 Å². The van der Waals surface area contributed by atoms with Crippen LogP contribution in [-0.4, -0.2) is 61.0 Å². The molecule has 2 aromatic rings. The molecule has 1 N–H and O–H groups in total. The average Bonchev–Trinajstić information content (AvgIpc) is 3.07. The van der Waals surface area contributed by atoms with Crippen molar-refractivity contribution in [1.82, 2.24) is 4.90 Å². The summed E-state index contributed by atoms with van der Waals surface area (Å²) in [6, 6.07) is 12.8. The predicted molar refractivity (Wildman–Crippen MR) is 112 cm³/mol. The fraction of sp³-hybridized carbons (Fsp3) is 0.409. The van der Waals surface area contributed by atoms with Crippen molar-refractivity contribution in [2.24, 2.45) is 0 Å². The first-order valence-corrected chi connectivity index (χ1v) is 11.7. The zero-order chi connectivity index (χ0) is 21.7. The molecule has 1 saturated heterocycles. The van der Waals surface area contributed by atoms with Crippen LogP contribution in [0.1, 0.15) is 29.3 Å². The molecule has 3 rings (SSSR count). The SMILES string of the molecule is CC(=O)c1ccccc1OCC(O)CN(Cc1ccccc1F)C1CCS(=O)(=O)C1. The van der Waals surface area contributed by atoms with Gasteiger partial charge in [-0.3, -0.25) is 9.69 Å². The second kappa shape index (κ2) is 9.68. The van der Waals surface area contributed by atoms with Crippen LogP contribution in [-0.2, 0) is 16.4 Å². The van der Waals surface area contributed by atoms with Gasteiger partial charge in [0, 0.05) is 24.7 Å². The first kappa shape index (κ1) is 22.4. The molecule has 0 aliphatic carbocycles. The number of carbonyl (C=O) groups excluding carboxylic acids is 1. The molecule has 2 aromatic carbocycles. The van der Waals surface area contributed by atoms with E-state index in [0.717, 1.165) is 0 Å². The van der Waals surface area contributed by atoms with E-state index in [4.69, 9.17) is 4.74 Å². The van der Waals surface area contributed by atoms with E-state index in [9.17, 15) is 22.7 Å². The number of aliphatic hydroxyl groups excluding tert-OH is 1. The number of benzene rings is 2. The highest BCUT2D eigenvalue weighted by Crippen LogP contribution is 2.22. The second-order valence-electron chi connectivity index (χ2n) is 7.59. The van der Waals surface area contributed by atoms with Crippen molar-refractivity contribution in [3.05, 3.63) is 65.5 Å². The maximum atomic E-state index is 14.2. The van der Waals surface area contributed by atoms with E-state index in [1.807, 2.05) is 0 Å². The third kappa shape index (κ3) is 5.87. The summed E-state index contributed by atoms with van der Waals surface area (Å²) in [6.45, 7) is 1.68. The highest BCUT2D eigenvalue weighted by atomic mass is 32.2. The zero-order valence-corrected chi connectivity index (χ0v) is 17.6.